The van der Waals surface area contributed by atoms with E-state index in [-0.39, 0.29) is 19.4 Å². The fourth-order valence-electron chi connectivity index (χ4n) is 1.72. The van der Waals surface area contributed by atoms with Gasteiger partial charge in [-0.15, -0.1) is 0 Å². The molecule has 0 fully saturated rings. The summed E-state index contributed by atoms with van der Waals surface area (Å²) >= 11 is 0. The molecule has 0 unspecified atom stereocenters. The maximum Gasteiger partial charge on any atom is 0.306 e. The maximum absolute atomic E-state index is 10.8. The number of carbonyl (C=O) groups is 1. The smallest absolute Gasteiger partial charge is 0.306 e. The number of fused-ring (bicyclic) bond motifs is 1. The average Bonchev–Trinajstić information content (AvgIpc) is 2.62. The number of aromatic amines is 1. The molecule has 1 heterocycles. The number of para-hydroxylation sites is 1. The minimum absolute atomic E-state index is 0. The van der Waals surface area contributed by atoms with Gasteiger partial charge in [-0.3, -0.25) is 4.79 Å². The number of hydrogen-bond acceptors (Lipinski definition) is 1. The van der Waals surface area contributed by atoms with Gasteiger partial charge in [-0.25, -0.2) is 0 Å². The van der Waals surface area contributed by atoms with Gasteiger partial charge in [0.2, 0.25) is 0 Å². The summed E-state index contributed by atoms with van der Waals surface area (Å²) in [6.45, 7) is 1.73. The van der Waals surface area contributed by atoms with Crippen molar-refractivity contribution in [3.05, 3.63) is 36.0 Å². The molecule has 0 bridgehead atoms. The van der Waals surface area contributed by atoms with E-state index in [4.69, 9.17) is 5.11 Å². The maximum atomic E-state index is 10.8. The molecule has 0 aliphatic heterocycles. The van der Waals surface area contributed by atoms with Gasteiger partial charge in [0, 0.05) is 17.1 Å². The third kappa shape index (κ3) is 2.39. The fraction of sp³-hybridized carbons (Fsp3) is 0.250. The summed E-state index contributed by atoms with van der Waals surface area (Å²) in [7, 11) is 0. The summed E-state index contributed by atoms with van der Waals surface area (Å²) in [5.74, 6) is -1.09. The van der Waals surface area contributed by atoms with E-state index in [1.165, 1.54) is 0 Å². The van der Waals surface area contributed by atoms with Crippen molar-refractivity contribution in [3.63, 3.8) is 0 Å². The van der Waals surface area contributed by atoms with Crippen LogP contribution in [0.5, 0.6) is 0 Å². The molecule has 2 N–H and O–H groups in total. The molecule has 2 rings (SSSR count). The molecule has 0 saturated carbocycles. The Morgan fingerprint density at radius 3 is 2.81 bits per heavy atom. The normalized spacial score (nSPS) is 12.1. The highest BCUT2D eigenvalue weighted by Gasteiger charge is 2.13. The van der Waals surface area contributed by atoms with Gasteiger partial charge in [0.05, 0.1) is 5.92 Å². The molecule has 0 aliphatic carbocycles. The second-order valence-corrected chi connectivity index (χ2v) is 3.80. The van der Waals surface area contributed by atoms with E-state index in [1.54, 1.807) is 6.92 Å². The topological polar surface area (TPSA) is 53.1 Å². The lowest BCUT2D eigenvalue weighted by Gasteiger charge is -2.04. The Morgan fingerprint density at radius 2 is 2.12 bits per heavy atom. The number of H-pyrrole nitrogens is 1. The number of rotatable bonds is 3. The first-order chi connectivity index (χ1) is 7.18. The lowest BCUT2D eigenvalue weighted by molar-refractivity contribution is -0.141. The number of aromatic nitrogens is 1. The summed E-state index contributed by atoms with van der Waals surface area (Å²) in [5, 5.41) is 9.96. The first-order valence-electron chi connectivity index (χ1n) is 4.96. The van der Waals surface area contributed by atoms with Crippen LogP contribution in [0.25, 0.3) is 10.9 Å². The van der Waals surface area contributed by atoms with E-state index < -0.39 is 5.97 Å². The molecule has 2 aromatic rings. The number of benzene rings is 1. The summed E-state index contributed by atoms with van der Waals surface area (Å²) in [6, 6.07) is 7.92. The number of carboxylic acid groups (broad SMARTS) is 1. The second-order valence-electron chi connectivity index (χ2n) is 3.80. The van der Waals surface area contributed by atoms with E-state index in [0.717, 1.165) is 16.5 Å². The summed E-state index contributed by atoms with van der Waals surface area (Å²) < 4.78 is 0. The summed E-state index contributed by atoms with van der Waals surface area (Å²) in [5.41, 5.74) is 2.13. The van der Waals surface area contributed by atoms with Crippen molar-refractivity contribution in [1.29, 1.82) is 0 Å². The lowest BCUT2D eigenvalue weighted by atomic mass is 10.0. The highest BCUT2D eigenvalue weighted by atomic mass is 32.1. The Labute approximate surface area is 101 Å². The van der Waals surface area contributed by atoms with Crippen molar-refractivity contribution in [2.24, 2.45) is 5.92 Å². The van der Waals surface area contributed by atoms with Crippen molar-refractivity contribution in [3.8, 4) is 0 Å². The standard InChI is InChI=1S/C12H13NO2.H2S/c1-8(12(14)15)6-9-7-13-11-5-3-2-4-10(9)11;/h2-5,7-8,13H,6H2,1H3,(H,14,15);1H2/t8-;/m0./s1. The third-order valence-corrected chi connectivity index (χ3v) is 2.62. The molecule has 0 radical (unpaired) electrons. The van der Waals surface area contributed by atoms with Crippen LogP contribution in [-0.2, 0) is 11.2 Å². The van der Waals surface area contributed by atoms with Gasteiger partial charge < -0.3 is 10.1 Å². The SMILES string of the molecule is C[C@@H](Cc1c[nH]c2ccccc12)C(=O)O.S. The zero-order valence-corrected chi connectivity index (χ0v) is 10.0. The minimum atomic E-state index is -0.750. The molecule has 0 spiro atoms. The van der Waals surface area contributed by atoms with Crippen LogP contribution in [0.3, 0.4) is 0 Å². The van der Waals surface area contributed by atoms with Gasteiger partial charge in [-0.05, 0) is 18.1 Å². The van der Waals surface area contributed by atoms with Gasteiger partial charge in [0.25, 0.3) is 0 Å². The molecule has 0 amide bonds. The molecule has 0 saturated heterocycles. The van der Waals surface area contributed by atoms with Crippen LogP contribution in [0.2, 0.25) is 0 Å². The molecule has 16 heavy (non-hydrogen) atoms. The van der Waals surface area contributed by atoms with Gasteiger partial charge in [-0.1, -0.05) is 25.1 Å². The summed E-state index contributed by atoms with van der Waals surface area (Å²) in [4.78, 5) is 13.9. The molecule has 1 aromatic carbocycles. The Hall–Kier alpha value is -1.42. The highest BCUT2D eigenvalue weighted by Crippen LogP contribution is 2.20. The minimum Gasteiger partial charge on any atom is -0.481 e. The number of aliphatic carboxylic acids is 1. The monoisotopic (exact) mass is 237 g/mol. The van der Waals surface area contributed by atoms with Crippen LogP contribution in [0.15, 0.2) is 30.5 Å². The number of carboxylic acids is 1. The van der Waals surface area contributed by atoms with Crippen LogP contribution in [-0.4, -0.2) is 16.1 Å². The first-order valence-corrected chi connectivity index (χ1v) is 4.96. The van der Waals surface area contributed by atoms with Crippen molar-refractivity contribution in [2.75, 3.05) is 0 Å². The van der Waals surface area contributed by atoms with E-state index in [0.29, 0.717) is 6.42 Å². The lowest BCUT2D eigenvalue weighted by Crippen LogP contribution is -2.11. The number of nitrogens with one attached hydrogen (secondary N) is 1. The van der Waals surface area contributed by atoms with Gasteiger partial charge in [0.15, 0.2) is 0 Å². The molecule has 1 atom stereocenters. The van der Waals surface area contributed by atoms with E-state index in [2.05, 4.69) is 4.98 Å². The first kappa shape index (κ1) is 12.6. The van der Waals surface area contributed by atoms with E-state index in [9.17, 15) is 4.79 Å². The van der Waals surface area contributed by atoms with Gasteiger partial charge in [0.1, 0.15) is 0 Å². The third-order valence-electron chi connectivity index (χ3n) is 2.62. The average molecular weight is 237 g/mol. The van der Waals surface area contributed by atoms with Crippen molar-refractivity contribution in [2.45, 2.75) is 13.3 Å². The van der Waals surface area contributed by atoms with E-state index >= 15 is 0 Å². The van der Waals surface area contributed by atoms with Crippen LogP contribution >= 0.6 is 13.5 Å². The van der Waals surface area contributed by atoms with Crippen LogP contribution in [0.4, 0.5) is 0 Å². The van der Waals surface area contributed by atoms with Crippen LogP contribution < -0.4 is 0 Å². The Balaban J connectivity index is 0.00000128. The van der Waals surface area contributed by atoms with E-state index in [1.807, 2.05) is 30.5 Å². The molecule has 86 valence electrons. The second kappa shape index (κ2) is 5.07. The molecule has 1 aromatic heterocycles. The quantitative estimate of drug-likeness (QED) is 0.862. The largest absolute Gasteiger partial charge is 0.481 e. The predicted molar refractivity (Wildman–Crippen MR) is 69.2 cm³/mol. The number of hydrogen-bond donors (Lipinski definition) is 2. The Bertz CT molecular complexity index is 492. The van der Waals surface area contributed by atoms with Crippen LogP contribution in [0.1, 0.15) is 12.5 Å². The molecular weight excluding hydrogens is 222 g/mol. The summed E-state index contributed by atoms with van der Waals surface area (Å²) in [6.07, 6.45) is 2.46. The highest BCUT2D eigenvalue weighted by molar-refractivity contribution is 7.59. The fourth-order valence-corrected chi connectivity index (χ4v) is 1.72. The van der Waals surface area contributed by atoms with Crippen LogP contribution in [0, 0.1) is 5.92 Å². The molecule has 3 nitrogen and oxygen atoms in total. The molecular formula is C12H15NO2S. The predicted octanol–water partition coefficient (Wildman–Crippen LogP) is 2.54. The Kier molecular flexibility index (Phi) is 4.01. The zero-order chi connectivity index (χ0) is 10.8. The van der Waals surface area contributed by atoms with Crippen molar-refractivity contribution in [1.82, 2.24) is 4.98 Å². The van der Waals surface area contributed by atoms with Crippen molar-refractivity contribution < 1.29 is 9.90 Å². The Morgan fingerprint density at radius 1 is 1.44 bits per heavy atom. The van der Waals surface area contributed by atoms with Gasteiger partial charge >= 0.3 is 5.97 Å². The molecule has 4 heteroatoms. The zero-order valence-electron chi connectivity index (χ0n) is 9.03. The molecule has 0 aliphatic rings. The van der Waals surface area contributed by atoms with Gasteiger partial charge in [-0.2, -0.15) is 13.5 Å². The van der Waals surface area contributed by atoms with Crippen molar-refractivity contribution >= 4 is 30.4 Å².